The first-order valence-electron chi connectivity index (χ1n) is 4.23. The van der Waals surface area contributed by atoms with Crippen LogP contribution in [-0.2, 0) is 9.59 Å². The average Bonchev–Trinajstić information content (AvgIpc) is 1.96. The summed E-state index contributed by atoms with van der Waals surface area (Å²) >= 11 is 0. The van der Waals surface area contributed by atoms with Crippen LogP contribution >= 0.6 is 0 Å². The second kappa shape index (κ2) is 4.20. The van der Waals surface area contributed by atoms with Gasteiger partial charge in [-0.2, -0.15) is 0 Å². The van der Waals surface area contributed by atoms with Gasteiger partial charge in [-0.1, -0.05) is 0 Å². The molecule has 4 N–H and O–H groups in total. The molecule has 0 aromatic carbocycles. The Morgan fingerprint density at radius 3 is 1.93 bits per heavy atom. The first-order valence-corrected chi connectivity index (χ1v) is 4.23. The van der Waals surface area contributed by atoms with Crippen molar-refractivity contribution in [2.75, 3.05) is 0 Å². The van der Waals surface area contributed by atoms with Gasteiger partial charge in [-0.05, 0) is 13.8 Å². The molecule has 0 rings (SSSR count). The molecule has 0 saturated heterocycles. The molecule has 0 heterocycles. The second-order valence-corrected chi connectivity index (χ2v) is 3.86. The van der Waals surface area contributed by atoms with E-state index in [0.717, 1.165) is 20.8 Å². The van der Waals surface area contributed by atoms with Crippen LogP contribution in [0.2, 0.25) is 0 Å². The van der Waals surface area contributed by atoms with E-state index in [9.17, 15) is 19.8 Å². The summed E-state index contributed by atoms with van der Waals surface area (Å²) in [6.07, 6.45) is 0. The number of rotatable bonds is 4. The molecule has 0 aliphatic carbocycles. The molecule has 0 saturated carbocycles. The number of nitrogens with one attached hydrogen (secondary N) is 1. The molecular formula is C8H14BNO5. The minimum atomic E-state index is -2.47. The van der Waals surface area contributed by atoms with Crippen molar-refractivity contribution in [2.24, 2.45) is 0 Å². The number of carbonyl (C=O) groups excluding carboxylic acids is 1. The lowest BCUT2D eigenvalue weighted by molar-refractivity contribution is -0.156. The van der Waals surface area contributed by atoms with Gasteiger partial charge in [-0.3, -0.25) is 4.79 Å². The predicted octanol–water partition coefficient (Wildman–Crippen LogP) is -1.80. The van der Waals surface area contributed by atoms with E-state index < -0.39 is 29.0 Å². The Kier molecular flexibility index (Phi) is 3.90. The summed E-state index contributed by atoms with van der Waals surface area (Å²) in [6.45, 7) is 3.37. The van der Waals surface area contributed by atoms with Gasteiger partial charge in [-0.25, -0.2) is 4.79 Å². The number of hydrogen-bond acceptors (Lipinski definition) is 4. The molecule has 6 nitrogen and oxygen atoms in total. The molecule has 0 bridgehead atoms. The van der Waals surface area contributed by atoms with Crippen molar-refractivity contribution in [1.29, 1.82) is 0 Å². The quantitative estimate of drug-likeness (QED) is 0.414. The molecule has 7 heteroatoms. The van der Waals surface area contributed by atoms with Crippen LogP contribution < -0.4 is 5.32 Å². The molecule has 1 amide bonds. The zero-order valence-electron chi connectivity index (χ0n) is 8.81. The molecule has 0 aliphatic heterocycles. The summed E-state index contributed by atoms with van der Waals surface area (Å²) in [5.41, 5.74) is -4.34. The van der Waals surface area contributed by atoms with E-state index in [-0.39, 0.29) is 0 Å². The van der Waals surface area contributed by atoms with E-state index in [2.05, 4.69) is 0 Å². The number of carboxylic acids is 1. The topological polar surface area (TPSA) is 107 Å². The molecule has 2 atom stereocenters. The van der Waals surface area contributed by atoms with Crippen molar-refractivity contribution >= 4 is 19.7 Å². The second-order valence-electron chi connectivity index (χ2n) is 3.86. The number of amides is 1. The lowest BCUT2D eigenvalue weighted by atomic mass is 9.65. The van der Waals surface area contributed by atoms with E-state index in [1.807, 2.05) is 5.32 Å². The Morgan fingerprint density at radius 1 is 1.33 bits per heavy atom. The Bertz CT molecular complexity index is 271. The first kappa shape index (κ1) is 13.9. The third-order valence-electron chi connectivity index (χ3n) is 2.01. The first-order chi connectivity index (χ1) is 6.50. The molecular weight excluding hydrogens is 201 g/mol. The van der Waals surface area contributed by atoms with Gasteiger partial charge in [0.2, 0.25) is 5.91 Å². The fourth-order valence-corrected chi connectivity index (χ4v) is 0.916. The highest BCUT2D eigenvalue weighted by Crippen LogP contribution is 2.22. The Morgan fingerprint density at radius 2 is 1.73 bits per heavy atom. The van der Waals surface area contributed by atoms with Crippen LogP contribution in [0.15, 0.2) is 0 Å². The van der Waals surface area contributed by atoms with E-state index in [0.29, 0.717) is 0 Å². The molecule has 2 unspecified atom stereocenters. The zero-order chi connectivity index (χ0) is 12.4. The highest BCUT2D eigenvalue weighted by molar-refractivity contribution is 6.18. The van der Waals surface area contributed by atoms with Crippen molar-refractivity contribution in [3.63, 3.8) is 0 Å². The highest BCUT2D eigenvalue weighted by atomic mass is 16.4. The molecule has 2 radical (unpaired) electrons. The normalized spacial score (nSPS) is 17.7. The zero-order valence-corrected chi connectivity index (χ0v) is 8.81. The van der Waals surface area contributed by atoms with Crippen molar-refractivity contribution in [1.82, 2.24) is 5.32 Å². The largest absolute Gasteiger partial charge is 0.480 e. The molecule has 84 valence electrons. The van der Waals surface area contributed by atoms with Gasteiger partial charge in [-0.15, -0.1) is 0 Å². The van der Waals surface area contributed by atoms with Crippen LogP contribution in [0.25, 0.3) is 0 Å². The summed E-state index contributed by atoms with van der Waals surface area (Å²) in [7, 11) is 5.30. The van der Waals surface area contributed by atoms with E-state index in [1.165, 1.54) is 0 Å². The third-order valence-corrected chi connectivity index (χ3v) is 2.01. The molecule has 0 spiro atoms. The summed E-state index contributed by atoms with van der Waals surface area (Å²) in [5, 5.41) is 29.9. The summed E-state index contributed by atoms with van der Waals surface area (Å²) in [4.78, 5) is 21.5. The van der Waals surface area contributed by atoms with E-state index >= 15 is 0 Å². The van der Waals surface area contributed by atoms with Crippen molar-refractivity contribution in [2.45, 2.75) is 37.9 Å². The van der Waals surface area contributed by atoms with Gasteiger partial charge in [0.25, 0.3) is 0 Å². The maximum absolute atomic E-state index is 10.8. The monoisotopic (exact) mass is 215 g/mol. The molecule has 0 aromatic heterocycles. The molecule has 0 aliphatic rings. The van der Waals surface area contributed by atoms with Gasteiger partial charge >= 0.3 is 5.97 Å². The van der Waals surface area contributed by atoms with Gasteiger partial charge in [0, 0.05) is 6.92 Å². The summed E-state index contributed by atoms with van der Waals surface area (Å²) in [6, 6.07) is -1.78. The number of aliphatic hydroxyl groups is 2. The van der Waals surface area contributed by atoms with Crippen molar-refractivity contribution < 1.29 is 24.9 Å². The van der Waals surface area contributed by atoms with Gasteiger partial charge in [0.05, 0.1) is 11.1 Å². The maximum Gasteiger partial charge on any atom is 0.328 e. The van der Waals surface area contributed by atoms with E-state index in [4.69, 9.17) is 13.0 Å². The fourth-order valence-electron chi connectivity index (χ4n) is 0.916. The van der Waals surface area contributed by atoms with Gasteiger partial charge < -0.3 is 20.6 Å². The lowest BCUT2D eigenvalue weighted by Crippen LogP contribution is -2.66. The molecule has 0 aromatic rings. The van der Waals surface area contributed by atoms with Crippen LogP contribution in [-0.4, -0.2) is 52.2 Å². The third kappa shape index (κ3) is 3.21. The number of aliphatic carboxylic acids is 1. The minimum Gasteiger partial charge on any atom is -0.480 e. The number of hydrogen-bond donors (Lipinski definition) is 4. The number of carbonyl (C=O) groups is 2. The maximum atomic E-state index is 10.8. The predicted molar refractivity (Wildman–Crippen MR) is 52.2 cm³/mol. The number of carboxylic acid groups (broad SMARTS) is 1. The Labute approximate surface area is 88.7 Å². The smallest absolute Gasteiger partial charge is 0.328 e. The highest BCUT2D eigenvalue weighted by Gasteiger charge is 2.47. The van der Waals surface area contributed by atoms with Crippen LogP contribution in [0.4, 0.5) is 0 Å². The Hall–Kier alpha value is -1.08. The standard InChI is InChI=1S/C8H14BNO5/c1-4(11)10-5(6(12)13)8(9,15)7(2,3)14/h5,14-15H,1-3H3,(H,10,11)(H,12,13). The SMILES string of the molecule is [B]C(O)(C(NC(C)=O)C(=O)O)C(C)(C)O. The van der Waals surface area contributed by atoms with Gasteiger partial charge in [0.15, 0.2) is 0 Å². The van der Waals surface area contributed by atoms with Crippen LogP contribution in [0.3, 0.4) is 0 Å². The average molecular weight is 215 g/mol. The summed E-state index contributed by atoms with van der Waals surface area (Å²) < 4.78 is 0. The van der Waals surface area contributed by atoms with E-state index in [1.54, 1.807) is 0 Å². The Balaban J connectivity index is 5.08. The van der Waals surface area contributed by atoms with Gasteiger partial charge in [0.1, 0.15) is 13.9 Å². The van der Waals surface area contributed by atoms with Crippen LogP contribution in [0, 0.1) is 0 Å². The molecule has 15 heavy (non-hydrogen) atoms. The summed E-state index contributed by atoms with van der Waals surface area (Å²) in [5.74, 6) is -2.20. The van der Waals surface area contributed by atoms with Crippen molar-refractivity contribution in [3.05, 3.63) is 0 Å². The molecule has 0 fully saturated rings. The van der Waals surface area contributed by atoms with Crippen molar-refractivity contribution in [3.8, 4) is 0 Å². The van der Waals surface area contributed by atoms with Crippen LogP contribution in [0.1, 0.15) is 20.8 Å². The lowest BCUT2D eigenvalue weighted by Gasteiger charge is -2.40. The fraction of sp³-hybridized carbons (Fsp3) is 0.750. The minimum absolute atomic E-state index is 0.671. The van der Waals surface area contributed by atoms with Crippen LogP contribution in [0.5, 0.6) is 0 Å².